The van der Waals surface area contributed by atoms with Gasteiger partial charge >= 0.3 is 118 Å². The molecule has 0 aliphatic heterocycles. The third-order valence-electron chi connectivity index (χ3n) is 0. The summed E-state index contributed by atoms with van der Waals surface area (Å²) in [5.41, 5.74) is 0. The normalized spacial score (nSPS) is 8.43. The molecule has 0 fully saturated rings. The van der Waals surface area contributed by atoms with E-state index in [2.05, 4.69) is 0 Å². The van der Waals surface area contributed by atoms with Crippen molar-refractivity contribution in [3.8, 4) is 0 Å². The largest absolute Gasteiger partial charge is 1.00 e. The van der Waals surface area contributed by atoms with Crippen LogP contribution in [0.3, 0.4) is 0 Å². The molecule has 0 rings (SSSR count). The Morgan fingerprint density at radius 2 is 0.643 bits per heavy atom. The molecule has 0 saturated carbocycles. The molecule has 2 N–H and O–H groups in total. The zero-order chi connectivity index (χ0) is 9.00. The van der Waals surface area contributed by atoms with Crippen LogP contribution in [0, 0.1) is 0 Å². The van der Waals surface area contributed by atoms with Crippen LogP contribution in [-0.4, -0.2) is 9.79 Å². The van der Waals surface area contributed by atoms with Crippen LogP contribution in [0.1, 0.15) is 0 Å². The Balaban J connectivity index is -0.0000000178. The molecule has 8 nitrogen and oxygen atoms in total. The maximum absolute atomic E-state index is 8.66. The molecule has 14 heavy (non-hydrogen) atoms. The molecule has 0 aromatic carbocycles. The first-order valence-corrected chi connectivity index (χ1v) is 4.49. The van der Waals surface area contributed by atoms with Crippen molar-refractivity contribution in [2.75, 3.05) is 0 Å². The molecule has 0 aliphatic rings. The smallest absolute Gasteiger partial charge is 0.790 e. The average molecular weight is 284 g/mol. The number of rotatable bonds is 0. The van der Waals surface area contributed by atoms with Gasteiger partial charge in [-0.05, 0) is 0 Å². The van der Waals surface area contributed by atoms with E-state index in [1.165, 1.54) is 0 Å². The minimum absolute atomic E-state index is 0. The van der Waals surface area contributed by atoms with Gasteiger partial charge in [0.2, 0.25) is 0 Å². The van der Waals surface area contributed by atoms with Crippen LogP contribution in [0.4, 0.5) is 0 Å². The molecule has 0 aromatic rings. The Labute approximate surface area is 169 Å². The van der Waals surface area contributed by atoms with Crippen molar-refractivity contribution in [2.24, 2.45) is 0 Å². The summed E-state index contributed by atoms with van der Waals surface area (Å²) in [4.78, 5) is 48.6. The first-order chi connectivity index (χ1) is 4.00. The van der Waals surface area contributed by atoms with E-state index in [1.807, 2.05) is 0 Å². The summed E-state index contributed by atoms with van der Waals surface area (Å²) in [5, 5.41) is 0. The Morgan fingerprint density at radius 1 is 0.643 bits per heavy atom. The van der Waals surface area contributed by atoms with Gasteiger partial charge in [-0.15, -0.1) is 0 Å². The fraction of sp³-hybridized carbons (Fsp3) is 0. The minimum atomic E-state index is -5.14. The fourth-order valence-electron chi connectivity index (χ4n) is 0. The van der Waals surface area contributed by atoms with Gasteiger partial charge in [0.15, 0.2) is 0 Å². The van der Waals surface area contributed by atoms with E-state index in [-0.39, 0.29) is 118 Å². The Morgan fingerprint density at radius 3 is 0.643 bits per heavy atom. The van der Waals surface area contributed by atoms with Crippen molar-refractivity contribution in [1.82, 2.24) is 0 Å². The van der Waals surface area contributed by atoms with Crippen LogP contribution in [0.25, 0.3) is 0 Å². The minimum Gasteiger partial charge on any atom is -0.790 e. The standard InChI is InChI=1S/4Na.2H3O4P/c;;;;2*1-5(2,3)4/h;;;;2*(H3,1,2,3,4)/q4*+1;;/p-4. The van der Waals surface area contributed by atoms with Crippen molar-refractivity contribution >= 4 is 15.6 Å². The molecule has 14 heteroatoms. The predicted molar refractivity (Wildman–Crippen MR) is 19.7 cm³/mol. The predicted octanol–water partition coefficient (Wildman–Crippen LogP) is -16.4. The van der Waals surface area contributed by atoms with Gasteiger partial charge < -0.3 is 38.5 Å². The van der Waals surface area contributed by atoms with Crippen molar-refractivity contribution in [1.29, 1.82) is 0 Å². The van der Waals surface area contributed by atoms with Crippen molar-refractivity contribution < 1.29 is 157 Å². The summed E-state index contributed by atoms with van der Waals surface area (Å²) in [6.45, 7) is 0. The Kier molecular flexibility index (Phi) is 44.5. The molecule has 0 unspecified atom stereocenters. The van der Waals surface area contributed by atoms with Crippen molar-refractivity contribution in [2.45, 2.75) is 0 Å². The van der Waals surface area contributed by atoms with Gasteiger partial charge in [0.1, 0.15) is 0 Å². The number of hydrogen-bond acceptors (Lipinski definition) is 6. The summed E-state index contributed by atoms with van der Waals surface area (Å²) < 4.78 is 17.3. The van der Waals surface area contributed by atoms with Crippen molar-refractivity contribution in [3.05, 3.63) is 0 Å². The van der Waals surface area contributed by atoms with E-state index in [4.69, 9.17) is 38.5 Å². The van der Waals surface area contributed by atoms with Crippen LogP contribution >= 0.6 is 15.6 Å². The summed E-state index contributed by atoms with van der Waals surface area (Å²) in [6.07, 6.45) is 0. The second-order valence-electron chi connectivity index (χ2n) is 0.937. The fourth-order valence-corrected chi connectivity index (χ4v) is 0. The second-order valence-corrected chi connectivity index (χ2v) is 2.81. The zero-order valence-corrected chi connectivity index (χ0v) is 18.0. The number of phosphoric acid groups is 2. The molecule has 0 amide bonds. The molecular weight excluding hydrogens is 282 g/mol. The average Bonchev–Trinajstić information content (AvgIpc) is 1.12. The molecule has 0 heterocycles. The first kappa shape index (κ1) is 36.2. The monoisotopic (exact) mass is 284 g/mol. The first-order valence-electron chi connectivity index (χ1n) is 1.50. The van der Waals surface area contributed by atoms with Crippen LogP contribution in [0.15, 0.2) is 0 Å². The maximum atomic E-state index is 8.66. The zero-order valence-electron chi connectivity index (χ0n) is 8.24. The second kappa shape index (κ2) is 17.2. The summed E-state index contributed by atoms with van der Waals surface area (Å²) in [6, 6.07) is 0. The van der Waals surface area contributed by atoms with Gasteiger partial charge in [0, 0.05) is 0 Å². The summed E-state index contributed by atoms with van der Waals surface area (Å²) >= 11 is 0. The molecule has 0 atom stereocenters. The molecule has 0 spiro atoms. The van der Waals surface area contributed by atoms with E-state index in [9.17, 15) is 0 Å². The molecule has 0 radical (unpaired) electrons. The Bertz CT molecular complexity index is 132. The molecule has 0 bridgehead atoms. The van der Waals surface area contributed by atoms with E-state index in [0.29, 0.717) is 0 Å². The van der Waals surface area contributed by atoms with Crippen LogP contribution in [-0.2, 0) is 9.13 Å². The summed E-state index contributed by atoms with van der Waals surface area (Å²) in [7, 11) is -10.3. The molecule has 0 saturated heterocycles. The topological polar surface area (TPSA) is 167 Å². The summed E-state index contributed by atoms with van der Waals surface area (Å²) in [5.74, 6) is 0. The third-order valence-corrected chi connectivity index (χ3v) is 0. The molecule has 64 valence electrons. The van der Waals surface area contributed by atoms with E-state index in [1.54, 1.807) is 0 Å². The van der Waals surface area contributed by atoms with Gasteiger partial charge in [0.05, 0.1) is 15.6 Å². The van der Waals surface area contributed by atoms with Crippen molar-refractivity contribution in [3.63, 3.8) is 0 Å². The van der Waals surface area contributed by atoms with Gasteiger partial charge in [0.25, 0.3) is 0 Å². The van der Waals surface area contributed by atoms with E-state index >= 15 is 0 Å². The quantitative estimate of drug-likeness (QED) is 0.326. The molecular formula is H2Na4O8P2. The van der Waals surface area contributed by atoms with E-state index < -0.39 is 15.6 Å². The van der Waals surface area contributed by atoms with Gasteiger partial charge in [-0.2, -0.15) is 0 Å². The molecule has 0 aromatic heterocycles. The van der Waals surface area contributed by atoms with Crippen LogP contribution in [0.5, 0.6) is 0 Å². The van der Waals surface area contributed by atoms with Gasteiger partial charge in [-0.1, -0.05) is 0 Å². The molecule has 0 aliphatic carbocycles. The van der Waals surface area contributed by atoms with E-state index in [0.717, 1.165) is 0 Å². The third kappa shape index (κ3) is 211. The Hall–Kier alpha value is 4.22. The SMILES string of the molecule is O=P([O-])([O-])O.O=P([O-])([O-])O.[Na+].[Na+].[Na+].[Na+]. The van der Waals surface area contributed by atoms with Gasteiger partial charge in [-0.3, -0.25) is 0 Å². The van der Waals surface area contributed by atoms with Crippen LogP contribution < -0.4 is 138 Å². The van der Waals surface area contributed by atoms with Crippen LogP contribution in [0.2, 0.25) is 0 Å². The maximum Gasteiger partial charge on any atom is 1.00 e. The van der Waals surface area contributed by atoms with Gasteiger partial charge in [-0.25, -0.2) is 0 Å². The number of hydrogen-bond donors (Lipinski definition) is 2.